The maximum atomic E-state index is 2.53. The van der Waals surface area contributed by atoms with E-state index in [4.69, 9.17) is 0 Å². The molecule has 0 aromatic heterocycles. The molecule has 7 aromatic carbocycles. The van der Waals surface area contributed by atoms with Crippen LogP contribution in [0.4, 0.5) is 0 Å². The van der Waals surface area contributed by atoms with Gasteiger partial charge in [-0.25, -0.2) is 0 Å². The molecule has 0 radical (unpaired) electrons. The maximum absolute atomic E-state index is 2.53. The van der Waals surface area contributed by atoms with E-state index in [1.807, 2.05) is 0 Å². The van der Waals surface area contributed by atoms with Crippen LogP contribution in [0.5, 0.6) is 0 Å². The lowest BCUT2D eigenvalue weighted by Gasteiger charge is -2.27. The van der Waals surface area contributed by atoms with Crippen LogP contribution in [0.15, 0.2) is 146 Å². The Morgan fingerprint density at radius 2 is 0.782 bits per heavy atom. The first-order valence-corrected chi connectivity index (χ1v) is 19.8. The van der Waals surface area contributed by atoms with Crippen molar-refractivity contribution in [1.82, 2.24) is 0 Å². The van der Waals surface area contributed by atoms with Gasteiger partial charge in [0.15, 0.2) is 0 Å². The van der Waals surface area contributed by atoms with Crippen molar-refractivity contribution in [2.24, 2.45) is 0 Å². The van der Waals surface area contributed by atoms with Gasteiger partial charge in [0.25, 0.3) is 0 Å². The van der Waals surface area contributed by atoms with Gasteiger partial charge >= 0.3 is 0 Å². The van der Waals surface area contributed by atoms with Gasteiger partial charge in [-0.05, 0) is 74.9 Å². The Morgan fingerprint density at radius 1 is 0.382 bits per heavy atom. The normalized spacial score (nSPS) is 12.8. The standard InChI is InChI=1S/C53H50B2/c1-35-29-37(3)51(38(4)30-35)55(52-39(5)31-36(2)32-40(52)6)46-26-28-48-47-27-23-42(33-49(47)53(7,8)50(48)34-46)20-19-41-21-24-45(25-22-41)54(43-15-11-9-12-16-43)44-17-13-10-14-18-44/h9-34H,1-8H3. The van der Waals surface area contributed by atoms with Gasteiger partial charge in [0, 0.05) is 5.41 Å². The summed E-state index contributed by atoms with van der Waals surface area (Å²) in [6, 6.07) is 54.5. The number of aryl methyl sites for hydroxylation is 6. The zero-order valence-electron chi connectivity index (χ0n) is 33.7. The first-order valence-electron chi connectivity index (χ1n) is 19.8. The highest BCUT2D eigenvalue weighted by molar-refractivity contribution is 6.96. The summed E-state index contributed by atoms with van der Waals surface area (Å²) < 4.78 is 0. The molecule has 0 bridgehead atoms. The molecule has 55 heavy (non-hydrogen) atoms. The Morgan fingerprint density at radius 3 is 1.29 bits per heavy atom. The zero-order valence-corrected chi connectivity index (χ0v) is 33.7. The molecule has 0 fully saturated rings. The number of hydrogen-bond donors (Lipinski definition) is 0. The third-order valence-corrected chi connectivity index (χ3v) is 12.1. The average molecular weight is 709 g/mol. The highest BCUT2D eigenvalue weighted by Crippen LogP contribution is 2.48. The molecule has 0 saturated heterocycles. The first kappa shape index (κ1) is 36.4. The molecule has 0 N–H and O–H groups in total. The van der Waals surface area contributed by atoms with E-state index < -0.39 is 0 Å². The number of hydrogen-bond acceptors (Lipinski definition) is 0. The van der Waals surface area contributed by atoms with E-state index >= 15 is 0 Å². The number of fused-ring (bicyclic) bond motifs is 3. The van der Waals surface area contributed by atoms with Crippen LogP contribution in [0.2, 0.25) is 0 Å². The van der Waals surface area contributed by atoms with E-state index in [9.17, 15) is 0 Å². The Hall–Kier alpha value is -5.59. The molecule has 0 atom stereocenters. The summed E-state index contributed by atoms with van der Waals surface area (Å²) in [4.78, 5) is 0. The molecule has 0 heterocycles. The fourth-order valence-corrected chi connectivity index (χ4v) is 9.69. The number of rotatable bonds is 8. The Bertz CT molecular complexity index is 2410. The van der Waals surface area contributed by atoms with Gasteiger partial charge in [-0.15, -0.1) is 0 Å². The third kappa shape index (κ3) is 6.85. The van der Waals surface area contributed by atoms with Gasteiger partial charge in [0.2, 0.25) is 13.4 Å². The van der Waals surface area contributed by atoms with Crippen molar-refractivity contribution in [2.45, 2.75) is 60.8 Å². The van der Waals surface area contributed by atoms with Crippen LogP contribution in [0.3, 0.4) is 0 Å². The van der Waals surface area contributed by atoms with Crippen LogP contribution in [-0.2, 0) is 5.41 Å². The van der Waals surface area contributed by atoms with E-state index in [2.05, 4.69) is 213 Å². The molecule has 0 amide bonds. The van der Waals surface area contributed by atoms with E-state index in [1.165, 1.54) is 99.5 Å². The predicted molar refractivity (Wildman–Crippen MR) is 243 cm³/mol. The van der Waals surface area contributed by atoms with Gasteiger partial charge < -0.3 is 0 Å². The van der Waals surface area contributed by atoms with Crippen molar-refractivity contribution in [3.63, 3.8) is 0 Å². The van der Waals surface area contributed by atoms with Crippen molar-refractivity contribution in [2.75, 3.05) is 0 Å². The van der Waals surface area contributed by atoms with Gasteiger partial charge in [0.05, 0.1) is 0 Å². The van der Waals surface area contributed by atoms with Gasteiger partial charge in [-0.1, -0.05) is 238 Å². The van der Waals surface area contributed by atoms with Crippen LogP contribution in [-0.4, -0.2) is 13.4 Å². The minimum absolute atomic E-state index is 0.130. The molecule has 8 rings (SSSR count). The van der Waals surface area contributed by atoms with Crippen molar-refractivity contribution >= 4 is 58.4 Å². The summed E-state index contributed by atoms with van der Waals surface area (Å²) >= 11 is 0. The van der Waals surface area contributed by atoms with Gasteiger partial charge in [-0.2, -0.15) is 0 Å². The van der Waals surface area contributed by atoms with E-state index in [-0.39, 0.29) is 18.8 Å². The second-order valence-corrected chi connectivity index (χ2v) is 16.5. The monoisotopic (exact) mass is 708 g/mol. The van der Waals surface area contributed by atoms with Crippen LogP contribution < -0.4 is 32.8 Å². The molecule has 1 aliphatic carbocycles. The smallest absolute Gasteiger partial charge is 0.0687 e. The quantitative estimate of drug-likeness (QED) is 0.109. The lowest BCUT2D eigenvalue weighted by atomic mass is 9.34. The Kier molecular flexibility index (Phi) is 9.64. The SMILES string of the molecule is Cc1cc(C)c(B(c2ccc3c(c2)C(C)(C)c2cc(C=Cc4ccc(B(c5ccccc5)c5ccccc5)cc4)ccc2-3)c2c(C)cc(C)cc2C)c(C)c1. The van der Waals surface area contributed by atoms with Gasteiger partial charge in [-0.3, -0.25) is 0 Å². The van der Waals surface area contributed by atoms with Crippen molar-refractivity contribution in [1.29, 1.82) is 0 Å². The van der Waals surface area contributed by atoms with E-state index in [0.717, 1.165) is 0 Å². The minimum atomic E-state index is -0.130. The lowest BCUT2D eigenvalue weighted by molar-refractivity contribution is 0.660. The molecule has 0 saturated carbocycles. The van der Waals surface area contributed by atoms with Crippen LogP contribution in [0, 0.1) is 41.5 Å². The fraction of sp³-hybridized carbons (Fsp3) is 0.170. The predicted octanol–water partition coefficient (Wildman–Crippen LogP) is 9.05. The molecule has 1 aliphatic rings. The van der Waals surface area contributed by atoms with E-state index in [1.54, 1.807) is 0 Å². The van der Waals surface area contributed by atoms with Crippen LogP contribution in [0.25, 0.3) is 23.3 Å². The van der Waals surface area contributed by atoms with Crippen molar-refractivity contribution in [3.05, 3.63) is 201 Å². The van der Waals surface area contributed by atoms with Crippen LogP contribution in [0.1, 0.15) is 69.5 Å². The molecule has 0 nitrogen and oxygen atoms in total. The summed E-state index contributed by atoms with van der Waals surface area (Å²) in [5.41, 5.74) is 24.1. The summed E-state index contributed by atoms with van der Waals surface area (Å²) in [7, 11) is 0. The molecule has 0 spiro atoms. The Balaban J connectivity index is 1.12. The topological polar surface area (TPSA) is 0 Å². The zero-order chi connectivity index (χ0) is 38.4. The molecule has 7 aromatic rings. The van der Waals surface area contributed by atoms with Crippen molar-refractivity contribution in [3.8, 4) is 11.1 Å². The number of benzene rings is 7. The third-order valence-electron chi connectivity index (χ3n) is 12.1. The highest BCUT2D eigenvalue weighted by atomic mass is 14.4. The lowest BCUT2D eigenvalue weighted by Crippen LogP contribution is -2.56. The second kappa shape index (κ2) is 14.6. The maximum Gasteiger partial charge on any atom is 0.242 e. The molecular weight excluding hydrogens is 658 g/mol. The first-order chi connectivity index (χ1) is 26.5. The van der Waals surface area contributed by atoms with Crippen LogP contribution >= 0.6 is 0 Å². The molecule has 268 valence electrons. The average Bonchev–Trinajstić information content (AvgIpc) is 3.39. The van der Waals surface area contributed by atoms with E-state index in [0.29, 0.717) is 0 Å². The molecule has 0 aliphatic heterocycles. The molecule has 2 heteroatoms. The largest absolute Gasteiger partial charge is 0.242 e. The summed E-state index contributed by atoms with van der Waals surface area (Å²) in [6.45, 7) is 18.8. The van der Waals surface area contributed by atoms with Gasteiger partial charge in [0.1, 0.15) is 0 Å². The molecule has 0 unspecified atom stereocenters. The summed E-state index contributed by atoms with van der Waals surface area (Å²) in [6.07, 6.45) is 4.52. The van der Waals surface area contributed by atoms with Crippen molar-refractivity contribution < 1.29 is 0 Å². The highest BCUT2D eigenvalue weighted by Gasteiger charge is 2.37. The minimum Gasteiger partial charge on any atom is -0.0687 e. The second-order valence-electron chi connectivity index (χ2n) is 16.5. The molecular formula is C53H50B2. The summed E-state index contributed by atoms with van der Waals surface area (Å²) in [5.74, 6) is 0. The fourth-order valence-electron chi connectivity index (χ4n) is 9.69. The Labute approximate surface area is 330 Å². The summed E-state index contributed by atoms with van der Waals surface area (Å²) in [5, 5.41) is 0.